The molecule has 0 aromatic rings. The fourth-order valence-corrected chi connectivity index (χ4v) is 2.45. The van der Waals surface area contributed by atoms with Crippen LogP contribution in [0.3, 0.4) is 0 Å². The number of likely N-dealkylation sites (tertiary alicyclic amines) is 1. The van der Waals surface area contributed by atoms with Gasteiger partial charge in [-0.2, -0.15) is 0 Å². The maximum absolute atomic E-state index is 11.9. The minimum Gasteiger partial charge on any atom is -0.339 e. The molecule has 1 fully saturated rings. The molecule has 1 saturated heterocycles. The number of hydrogen-bond acceptors (Lipinski definition) is 2. The van der Waals surface area contributed by atoms with Gasteiger partial charge in [-0.15, -0.1) is 0 Å². The summed E-state index contributed by atoms with van der Waals surface area (Å²) < 4.78 is 0. The van der Waals surface area contributed by atoms with Crippen LogP contribution in [-0.4, -0.2) is 29.2 Å². The van der Waals surface area contributed by atoms with Crippen molar-refractivity contribution in [2.75, 3.05) is 6.54 Å². The molecule has 0 bridgehead atoms. The van der Waals surface area contributed by atoms with Crippen LogP contribution in [0, 0.1) is 5.41 Å². The molecule has 1 heterocycles. The molecule has 0 aromatic carbocycles. The Morgan fingerprint density at radius 3 is 2.56 bits per heavy atom. The van der Waals surface area contributed by atoms with Gasteiger partial charge < -0.3 is 4.90 Å². The maximum atomic E-state index is 11.9. The van der Waals surface area contributed by atoms with E-state index < -0.39 is 0 Å². The summed E-state index contributed by atoms with van der Waals surface area (Å²) in [6.07, 6.45) is 5.94. The van der Waals surface area contributed by atoms with E-state index in [1.165, 1.54) is 0 Å². The zero-order chi connectivity index (χ0) is 11.9. The van der Waals surface area contributed by atoms with Crippen molar-refractivity contribution in [1.29, 1.82) is 0 Å². The third kappa shape index (κ3) is 1.70. The van der Waals surface area contributed by atoms with Crippen molar-refractivity contribution >= 4 is 11.7 Å². The minimum atomic E-state index is -0.237. The van der Waals surface area contributed by atoms with Gasteiger partial charge in [0, 0.05) is 24.4 Å². The van der Waals surface area contributed by atoms with E-state index in [-0.39, 0.29) is 23.1 Å². The van der Waals surface area contributed by atoms with E-state index in [1.807, 2.05) is 37.8 Å². The Hall–Kier alpha value is -1.38. The molecule has 1 atom stereocenters. The Balaban J connectivity index is 2.28. The van der Waals surface area contributed by atoms with Crippen molar-refractivity contribution in [2.24, 2.45) is 5.41 Å². The number of ketones is 1. The predicted octanol–water partition coefficient (Wildman–Crippen LogP) is 1.70. The Morgan fingerprint density at radius 1 is 1.38 bits per heavy atom. The van der Waals surface area contributed by atoms with Crippen molar-refractivity contribution in [3.05, 3.63) is 23.8 Å². The normalized spacial score (nSPS) is 29.5. The van der Waals surface area contributed by atoms with E-state index in [9.17, 15) is 9.59 Å². The first-order chi connectivity index (χ1) is 7.43. The molecule has 3 heteroatoms. The van der Waals surface area contributed by atoms with Crippen LogP contribution in [-0.2, 0) is 9.59 Å². The number of allylic oxidation sites excluding steroid dienone is 2. The summed E-state index contributed by atoms with van der Waals surface area (Å²) in [5, 5.41) is 0. The molecule has 0 aromatic heterocycles. The number of rotatable bonds is 1. The van der Waals surface area contributed by atoms with Gasteiger partial charge in [0.15, 0.2) is 5.78 Å². The Kier molecular flexibility index (Phi) is 2.49. The second kappa shape index (κ2) is 3.58. The largest absolute Gasteiger partial charge is 0.339 e. The summed E-state index contributed by atoms with van der Waals surface area (Å²) in [6, 6.07) is 0.228. The first-order valence-electron chi connectivity index (χ1n) is 5.66. The standard InChI is InChI=1S/C13H17NO2/c1-9(2)14-8-13(7-12(14)16)5-4-11(15)10(3)6-13/h4-6,9H,7-8H2,1-3H3/t13-/m1/s1. The van der Waals surface area contributed by atoms with Crippen LogP contribution in [0.2, 0.25) is 0 Å². The van der Waals surface area contributed by atoms with E-state index in [1.54, 1.807) is 6.08 Å². The van der Waals surface area contributed by atoms with Gasteiger partial charge in [0.1, 0.15) is 0 Å². The fourth-order valence-electron chi connectivity index (χ4n) is 2.45. The Bertz CT molecular complexity index is 406. The van der Waals surface area contributed by atoms with E-state index in [4.69, 9.17) is 0 Å². The number of hydrogen-bond donors (Lipinski definition) is 0. The minimum absolute atomic E-state index is 0.0565. The third-order valence-electron chi connectivity index (χ3n) is 3.35. The van der Waals surface area contributed by atoms with Gasteiger partial charge in [0.2, 0.25) is 5.91 Å². The van der Waals surface area contributed by atoms with Crippen molar-refractivity contribution in [1.82, 2.24) is 4.90 Å². The summed E-state index contributed by atoms with van der Waals surface area (Å²) in [5.74, 6) is 0.235. The third-order valence-corrected chi connectivity index (χ3v) is 3.35. The lowest BCUT2D eigenvalue weighted by atomic mass is 9.80. The smallest absolute Gasteiger partial charge is 0.224 e. The zero-order valence-electron chi connectivity index (χ0n) is 9.99. The summed E-state index contributed by atoms with van der Waals surface area (Å²) >= 11 is 0. The highest BCUT2D eigenvalue weighted by Gasteiger charge is 2.42. The summed E-state index contributed by atoms with van der Waals surface area (Å²) in [5.41, 5.74) is 0.514. The molecule has 1 aliphatic carbocycles. The monoisotopic (exact) mass is 219 g/mol. The molecule has 2 rings (SSSR count). The van der Waals surface area contributed by atoms with Crippen molar-refractivity contribution in [3.63, 3.8) is 0 Å². The topological polar surface area (TPSA) is 37.4 Å². The molecule has 1 aliphatic heterocycles. The maximum Gasteiger partial charge on any atom is 0.224 e. The molecular formula is C13H17NO2. The van der Waals surface area contributed by atoms with Crippen LogP contribution in [0.5, 0.6) is 0 Å². The SMILES string of the molecule is CC1=C[C@]2(C=CC1=O)CC(=O)N(C(C)C)C2. The lowest BCUT2D eigenvalue weighted by molar-refractivity contribution is -0.129. The summed E-state index contributed by atoms with van der Waals surface area (Å²) in [4.78, 5) is 25.1. The average molecular weight is 219 g/mol. The number of amides is 1. The van der Waals surface area contributed by atoms with Crippen LogP contribution in [0.25, 0.3) is 0 Å². The second-order valence-electron chi connectivity index (χ2n) is 5.05. The first kappa shape index (κ1) is 11.1. The van der Waals surface area contributed by atoms with E-state index in [0.29, 0.717) is 13.0 Å². The van der Waals surface area contributed by atoms with Crippen LogP contribution in [0.15, 0.2) is 23.8 Å². The van der Waals surface area contributed by atoms with Crippen LogP contribution < -0.4 is 0 Å². The molecule has 2 aliphatic rings. The molecule has 0 N–H and O–H groups in total. The zero-order valence-corrected chi connectivity index (χ0v) is 9.99. The lowest BCUT2D eigenvalue weighted by Crippen LogP contribution is -2.33. The molecular weight excluding hydrogens is 202 g/mol. The first-order valence-corrected chi connectivity index (χ1v) is 5.66. The predicted molar refractivity (Wildman–Crippen MR) is 61.8 cm³/mol. The van der Waals surface area contributed by atoms with Gasteiger partial charge >= 0.3 is 0 Å². The van der Waals surface area contributed by atoms with E-state index in [0.717, 1.165) is 5.57 Å². The van der Waals surface area contributed by atoms with Crippen LogP contribution in [0.1, 0.15) is 27.2 Å². The number of nitrogens with zero attached hydrogens (tertiary/aromatic N) is 1. The van der Waals surface area contributed by atoms with Gasteiger partial charge in [-0.3, -0.25) is 9.59 Å². The van der Waals surface area contributed by atoms with Gasteiger partial charge in [0.25, 0.3) is 0 Å². The van der Waals surface area contributed by atoms with Gasteiger partial charge in [-0.05, 0) is 32.4 Å². The molecule has 1 amide bonds. The van der Waals surface area contributed by atoms with Gasteiger partial charge in [0.05, 0.1) is 0 Å². The number of carbonyl (C=O) groups is 2. The number of carbonyl (C=O) groups excluding carboxylic acids is 2. The van der Waals surface area contributed by atoms with E-state index >= 15 is 0 Å². The Morgan fingerprint density at radius 2 is 2.06 bits per heavy atom. The highest BCUT2D eigenvalue weighted by molar-refractivity contribution is 6.05. The summed E-state index contributed by atoms with van der Waals surface area (Å²) in [7, 11) is 0. The van der Waals surface area contributed by atoms with Gasteiger partial charge in [-0.25, -0.2) is 0 Å². The molecule has 0 saturated carbocycles. The highest BCUT2D eigenvalue weighted by Crippen LogP contribution is 2.38. The Labute approximate surface area is 95.8 Å². The molecule has 3 nitrogen and oxygen atoms in total. The van der Waals surface area contributed by atoms with Crippen molar-refractivity contribution in [3.8, 4) is 0 Å². The second-order valence-corrected chi connectivity index (χ2v) is 5.05. The molecule has 16 heavy (non-hydrogen) atoms. The van der Waals surface area contributed by atoms with E-state index in [2.05, 4.69) is 0 Å². The molecule has 1 spiro atoms. The van der Waals surface area contributed by atoms with Crippen LogP contribution >= 0.6 is 0 Å². The van der Waals surface area contributed by atoms with Crippen molar-refractivity contribution < 1.29 is 9.59 Å². The molecule has 0 unspecified atom stereocenters. The quantitative estimate of drug-likeness (QED) is 0.673. The summed E-state index contributed by atoms with van der Waals surface area (Å²) in [6.45, 7) is 6.55. The van der Waals surface area contributed by atoms with Gasteiger partial charge in [-0.1, -0.05) is 12.2 Å². The van der Waals surface area contributed by atoms with Crippen LogP contribution in [0.4, 0.5) is 0 Å². The fraction of sp³-hybridized carbons (Fsp3) is 0.538. The molecule has 0 radical (unpaired) electrons. The molecule has 86 valence electrons. The highest BCUT2D eigenvalue weighted by atomic mass is 16.2. The lowest BCUT2D eigenvalue weighted by Gasteiger charge is -2.26. The van der Waals surface area contributed by atoms with Crippen molar-refractivity contribution in [2.45, 2.75) is 33.2 Å². The average Bonchev–Trinajstić information content (AvgIpc) is 2.51.